The lowest BCUT2D eigenvalue weighted by molar-refractivity contribution is -0.178. The van der Waals surface area contributed by atoms with E-state index in [1.54, 1.807) is 0 Å². The summed E-state index contributed by atoms with van der Waals surface area (Å²) >= 11 is 0. The van der Waals surface area contributed by atoms with Gasteiger partial charge in [-0.15, -0.1) is 0 Å². The van der Waals surface area contributed by atoms with Gasteiger partial charge in [-0.25, -0.2) is 0 Å². The minimum atomic E-state index is -0.942. The average molecular weight is 492 g/mol. The van der Waals surface area contributed by atoms with Gasteiger partial charge in [0, 0.05) is 43.2 Å². The molecule has 200 valence electrons. The Bertz CT molecular complexity index is 756. The summed E-state index contributed by atoms with van der Waals surface area (Å²) in [6, 6.07) is 0.279. The number of aliphatic hydroxyl groups excluding tert-OH is 2. The standard InChI is InChI=1S/C28H49N3O4/c1-4-34-24-19-8-6-7-9-20(19)25(35-5-2)23-21(24)16-31(26(23)32)22-11-10-18(14-17(22)3)15-28(12-13-28)30-27(29)33/h14,18-27,30,32-33H,4-13,15-16,29H2,1-3H3/t18?,19?,20?,21?,22?,23?,24?,25-,26?,27?/m1/s1. The highest BCUT2D eigenvalue weighted by Gasteiger charge is 2.59. The Kier molecular flexibility index (Phi) is 7.96. The fraction of sp³-hybridized carbons (Fsp3) is 0.929. The minimum absolute atomic E-state index is 0.0102. The highest BCUT2D eigenvalue weighted by atomic mass is 16.5. The highest BCUT2D eigenvalue weighted by Crippen LogP contribution is 2.53. The van der Waals surface area contributed by atoms with Gasteiger partial charge in [0.15, 0.2) is 6.35 Å². The molecule has 9 unspecified atom stereocenters. The van der Waals surface area contributed by atoms with Crippen LogP contribution >= 0.6 is 0 Å². The first-order valence-corrected chi connectivity index (χ1v) is 14.4. The van der Waals surface area contributed by atoms with Crippen LogP contribution in [0.3, 0.4) is 0 Å². The summed E-state index contributed by atoms with van der Waals surface area (Å²) in [6.45, 7) is 8.80. The number of fused-ring (bicyclic) bond motifs is 2. The monoisotopic (exact) mass is 491 g/mol. The topological polar surface area (TPSA) is 100 Å². The lowest BCUT2D eigenvalue weighted by atomic mass is 9.60. The number of hydrogen-bond acceptors (Lipinski definition) is 7. The van der Waals surface area contributed by atoms with Crippen LogP contribution in [-0.2, 0) is 9.47 Å². The molecule has 1 aliphatic heterocycles. The Morgan fingerprint density at radius 2 is 1.71 bits per heavy atom. The summed E-state index contributed by atoms with van der Waals surface area (Å²) in [4.78, 5) is 2.39. The molecule has 0 aromatic rings. The predicted octanol–water partition coefficient (Wildman–Crippen LogP) is 2.95. The molecule has 0 spiro atoms. The third-order valence-corrected chi connectivity index (χ3v) is 10.0. The van der Waals surface area contributed by atoms with Gasteiger partial charge < -0.3 is 19.7 Å². The van der Waals surface area contributed by atoms with Gasteiger partial charge in [-0.2, -0.15) is 0 Å². The molecule has 4 fully saturated rings. The Morgan fingerprint density at radius 1 is 1.06 bits per heavy atom. The van der Waals surface area contributed by atoms with E-state index in [9.17, 15) is 10.2 Å². The molecule has 3 saturated carbocycles. The number of nitrogens with two attached hydrogens (primary N) is 1. The Hall–Kier alpha value is -0.540. The van der Waals surface area contributed by atoms with E-state index >= 15 is 0 Å². The van der Waals surface area contributed by atoms with Gasteiger partial charge in [0.1, 0.15) is 6.23 Å². The van der Waals surface area contributed by atoms with E-state index in [2.05, 4.69) is 37.1 Å². The normalized spacial score (nSPS) is 43.8. The van der Waals surface area contributed by atoms with Gasteiger partial charge in [-0.1, -0.05) is 24.5 Å². The number of aliphatic hydroxyl groups is 2. The van der Waals surface area contributed by atoms with Crippen LogP contribution in [0.2, 0.25) is 0 Å². The second kappa shape index (κ2) is 10.7. The van der Waals surface area contributed by atoms with Crippen molar-refractivity contribution in [2.75, 3.05) is 19.8 Å². The molecule has 0 bridgehead atoms. The van der Waals surface area contributed by atoms with Crippen molar-refractivity contribution >= 4 is 0 Å². The fourth-order valence-electron chi connectivity index (χ4n) is 8.56. The summed E-state index contributed by atoms with van der Waals surface area (Å²) in [6.07, 6.45) is 11.8. The van der Waals surface area contributed by atoms with E-state index in [1.807, 2.05) is 0 Å². The lowest BCUT2D eigenvalue weighted by Crippen LogP contribution is -2.56. The SMILES string of the molecule is CCOC1C2CCCCC2[C@@H](OCC)C2C1CN(C1CCC(CC3(NC(N)O)CC3)C=C1C)C2O. The molecule has 7 nitrogen and oxygen atoms in total. The number of likely N-dealkylation sites (tertiary alicyclic amines) is 1. The maximum atomic E-state index is 11.8. The van der Waals surface area contributed by atoms with Gasteiger partial charge in [0.05, 0.1) is 12.2 Å². The third kappa shape index (κ3) is 5.12. The highest BCUT2D eigenvalue weighted by molar-refractivity contribution is 5.19. The van der Waals surface area contributed by atoms with Gasteiger partial charge in [-0.05, 0) is 83.5 Å². The zero-order valence-electron chi connectivity index (χ0n) is 22.1. The Balaban J connectivity index is 1.33. The summed E-state index contributed by atoms with van der Waals surface area (Å²) < 4.78 is 12.9. The number of nitrogens with zero attached hydrogens (tertiary/aromatic N) is 1. The minimum Gasteiger partial charge on any atom is -0.378 e. The lowest BCUT2D eigenvalue weighted by Gasteiger charge is -2.51. The van der Waals surface area contributed by atoms with Crippen molar-refractivity contribution in [3.63, 3.8) is 0 Å². The number of hydrogen-bond donors (Lipinski definition) is 4. The smallest absolute Gasteiger partial charge is 0.158 e. The van der Waals surface area contributed by atoms with Crippen LogP contribution in [0.15, 0.2) is 11.6 Å². The van der Waals surface area contributed by atoms with Gasteiger partial charge in [0.2, 0.25) is 0 Å². The maximum absolute atomic E-state index is 11.8. The summed E-state index contributed by atoms with van der Waals surface area (Å²) in [5, 5.41) is 24.6. The molecule has 35 heavy (non-hydrogen) atoms. The van der Waals surface area contributed by atoms with E-state index in [0.29, 0.717) is 30.3 Å². The number of ether oxygens (including phenoxy) is 2. The summed E-state index contributed by atoms with van der Waals surface area (Å²) in [7, 11) is 0. The van der Waals surface area contributed by atoms with E-state index in [1.165, 1.54) is 31.3 Å². The molecule has 1 heterocycles. The summed E-state index contributed by atoms with van der Waals surface area (Å²) in [5.41, 5.74) is 7.00. The molecule has 5 aliphatic rings. The first-order valence-electron chi connectivity index (χ1n) is 14.4. The number of nitrogens with one attached hydrogen (secondary N) is 1. The molecule has 0 aromatic carbocycles. The second-order valence-corrected chi connectivity index (χ2v) is 12.1. The molecule has 0 radical (unpaired) electrons. The molecule has 4 aliphatic carbocycles. The average Bonchev–Trinajstić information content (AvgIpc) is 3.48. The van der Waals surface area contributed by atoms with E-state index < -0.39 is 12.6 Å². The predicted molar refractivity (Wildman–Crippen MR) is 136 cm³/mol. The van der Waals surface area contributed by atoms with E-state index in [0.717, 1.165) is 45.3 Å². The van der Waals surface area contributed by atoms with Crippen LogP contribution in [0.5, 0.6) is 0 Å². The summed E-state index contributed by atoms with van der Waals surface area (Å²) in [5.74, 6) is 2.01. The second-order valence-electron chi connectivity index (χ2n) is 12.1. The molecular formula is C28H49N3O4. The third-order valence-electron chi connectivity index (χ3n) is 10.0. The molecule has 7 heteroatoms. The fourth-order valence-corrected chi connectivity index (χ4v) is 8.56. The molecule has 5 N–H and O–H groups in total. The largest absolute Gasteiger partial charge is 0.378 e. The molecule has 0 amide bonds. The Morgan fingerprint density at radius 3 is 2.31 bits per heavy atom. The van der Waals surface area contributed by atoms with Crippen LogP contribution < -0.4 is 11.1 Å². The zero-order chi connectivity index (χ0) is 24.7. The maximum Gasteiger partial charge on any atom is 0.158 e. The first kappa shape index (κ1) is 26.1. The quantitative estimate of drug-likeness (QED) is 0.291. The van der Waals surface area contributed by atoms with Crippen LogP contribution in [0.1, 0.15) is 78.6 Å². The van der Waals surface area contributed by atoms with E-state index in [4.69, 9.17) is 15.2 Å². The number of allylic oxidation sites excluding steroid dienone is 1. The van der Waals surface area contributed by atoms with Crippen molar-refractivity contribution in [1.82, 2.24) is 10.2 Å². The van der Waals surface area contributed by atoms with Crippen molar-refractivity contribution in [3.8, 4) is 0 Å². The van der Waals surface area contributed by atoms with Crippen molar-refractivity contribution in [2.24, 2.45) is 35.3 Å². The number of rotatable bonds is 9. The molecule has 10 atom stereocenters. The molecular weight excluding hydrogens is 442 g/mol. The molecule has 0 aromatic heterocycles. The Labute approximate surface area is 211 Å². The van der Waals surface area contributed by atoms with Crippen molar-refractivity contribution in [1.29, 1.82) is 0 Å². The van der Waals surface area contributed by atoms with Gasteiger partial charge >= 0.3 is 0 Å². The van der Waals surface area contributed by atoms with Crippen LogP contribution in [0.4, 0.5) is 0 Å². The van der Waals surface area contributed by atoms with Crippen LogP contribution in [0, 0.1) is 29.6 Å². The van der Waals surface area contributed by atoms with Gasteiger partial charge in [0.25, 0.3) is 0 Å². The molecule has 1 saturated heterocycles. The van der Waals surface area contributed by atoms with Crippen LogP contribution in [-0.4, -0.2) is 71.2 Å². The molecule has 5 rings (SSSR count). The zero-order valence-corrected chi connectivity index (χ0v) is 22.1. The van der Waals surface area contributed by atoms with Crippen molar-refractivity contribution in [2.45, 2.75) is 115 Å². The van der Waals surface area contributed by atoms with Gasteiger partial charge in [-0.3, -0.25) is 16.0 Å². The van der Waals surface area contributed by atoms with Crippen molar-refractivity contribution in [3.05, 3.63) is 11.6 Å². The first-order chi connectivity index (χ1) is 16.9. The van der Waals surface area contributed by atoms with Crippen molar-refractivity contribution < 1.29 is 19.7 Å². The van der Waals surface area contributed by atoms with Crippen LogP contribution in [0.25, 0.3) is 0 Å². The van der Waals surface area contributed by atoms with E-state index in [-0.39, 0.29) is 29.7 Å².